The maximum Gasteiger partial charge on any atom is 0.255 e. The number of amides is 1. The third-order valence-corrected chi connectivity index (χ3v) is 2.21. The van der Waals surface area contributed by atoms with Crippen LogP contribution in [0.25, 0.3) is 0 Å². The second-order valence-electron chi connectivity index (χ2n) is 2.77. The van der Waals surface area contributed by atoms with Gasteiger partial charge in [0.2, 0.25) is 0 Å². The predicted molar refractivity (Wildman–Crippen MR) is 61.6 cm³/mol. The first kappa shape index (κ1) is 11.6. The average Bonchev–Trinajstić information content (AvgIpc) is 2.17. The number of carbonyl (C=O) groups is 1. The fraction of sp³-hybridized carbons (Fsp3) is 0.182. The van der Waals surface area contributed by atoms with Crippen molar-refractivity contribution in [2.75, 3.05) is 6.54 Å². The number of nitrogens with one attached hydrogen (secondary N) is 1. The zero-order valence-corrected chi connectivity index (χ0v) is 9.76. The van der Waals surface area contributed by atoms with Crippen molar-refractivity contribution in [3.63, 3.8) is 0 Å². The number of carbonyl (C=O) groups excluding carboxylic acids is 1. The number of phenolic OH excluding ortho intramolecular Hbond substituents is 1. The topological polar surface area (TPSA) is 49.3 Å². The van der Waals surface area contributed by atoms with E-state index < -0.39 is 0 Å². The summed E-state index contributed by atoms with van der Waals surface area (Å²) in [5.41, 5.74) is 0.246. The third kappa shape index (κ3) is 3.30. The van der Waals surface area contributed by atoms with Crippen LogP contribution in [0.5, 0.6) is 5.75 Å². The molecule has 1 rings (SSSR count). The van der Waals surface area contributed by atoms with Gasteiger partial charge in [-0.1, -0.05) is 21.9 Å². The number of hydrogen-bond acceptors (Lipinski definition) is 2. The van der Waals surface area contributed by atoms with Crippen LogP contribution >= 0.6 is 15.9 Å². The van der Waals surface area contributed by atoms with Crippen LogP contribution in [0.2, 0.25) is 0 Å². The van der Waals surface area contributed by atoms with Crippen LogP contribution in [0.3, 0.4) is 0 Å². The number of aromatic hydroxyl groups is 1. The number of rotatable bonds is 2. The van der Waals surface area contributed by atoms with Crippen LogP contribution < -0.4 is 5.32 Å². The van der Waals surface area contributed by atoms with E-state index in [9.17, 15) is 9.90 Å². The van der Waals surface area contributed by atoms with Gasteiger partial charge in [-0.3, -0.25) is 4.79 Å². The first-order valence-corrected chi connectivity index (χ1v) is 5.10. The highest BCUT2D eigenvalue weighted by Crippen LogP contribution is 2.21. The first-order chi connectivity index (χ1) is 7.15. The molecule has 0 atom stereocenters. The molecule has 0 fully saturated rings. The van der Waals surface area contributed by atoms with Crippen molar-refractivity contribution < 1.29 is 9.90 Å². The Morgan fingerprint density at radius 1 is 1.60 bits per heavy atom. The molecule has 0 saturated heterocycles. The largest absolute Gasteiger partial charge is 0.507 e. The molecule has 1 aromatic carbocycles. The van der Waals surface area contributed by atoms with E-state index in [0.717, 1.165) is 4.47 Å². The van der Waals surface area contributed by atoms with E-state index in [1.807, 2.05) is 0 Å². The summed E-state index contributed by atoms with van der Waals surface area (Å²) >= 11 is 3.20. The Bertz CT molecular complexity index is 432. The SMILES string of the molecule is CC#CCNC(=O)c1ccc(Br)cc1O. The van der Waals surface area contributed by atoms with E-state index in [1.54, 1.807) is 19.1 Å². The zero-order valence-electron chi connectivity index (χ0n) is 8.17. The van der Waals surface area contributed by atoms with E-state index in [-0.39, 0.29) is 23.8 Å². The summed E-state index contributed by atoms with van der Waals surface area (Å²) in [5.74, 6) is 4.99. The fourth-order valence-corrected chi connectivity index (χ4v) is 1.35. The highest BCUT2D eigenvalue weighted by Gasteiger charge is 2.09. The minimum absolute atomic E-state index is 0.0497. The van der Waals surface area contributed by atoms with Crippen LogP contribution in [0.15, 0.2) is 22.7 Å². The van der Waals surface area contributed by atoms with Gasteiger partial charge in [0.15, 0.2) is 0 Å². The van der Waals surface area contributed by atoms with Crippen LogP contribution in [-0.4, -0.2) is 17.6 Å². The molecule has 0 bridgehead atoms. The monoisotopic (exact) mass is 267 g/mol. The van der Waals surface area contributed by atoms with Crippen molar-refractivity contribution in [1.82, 2.24) is 5.32 Å². The molecule has 15 heavy (non-hydrogen) atoms. The van der Waals surface area contributed by atoms with E-state index in [4.69, 9.17) is 0 Å². The van der Waals surface area contributed by atoms with Gasteiger partial charge in [0.05, 0.1) is 12.1 Å². The molecule has 0 aliphatic carbocycles. The highest BCUT2D eigenvalue weighted by atomic mass is 79.9. The van der Waals surface area contributed by atoms with Crippen molar-refractivity contribution >= 4 is 21.8 Å². The molecule has 0 spiro atoms. The molecular formula is C11H10BrNO2. The molecule has 0 aliphatic heterocycles. The quantitative estimate of drug-likeness (QED) is 0.805. The van der Waals surface area contributed by atoms with Crippen molar-refractivity contribution in [2.45, 2.75) is 6.92 Å². The Labute approximate surface area is 96.6 Å². The van der Waals surface area contributed by atoms with E-state index in [1.165, 1.54) is 6.07 Å². The number of halogens is 1. The maximum atomic E-state index is 11.5. The molecule has 1 aromatic rings. The Morgan fingerprint density at radius 3 is 2.93 bits per heavy atom. The molecule has 3 nitrogen and oxygen atoms in total. The second-order valence-corrected chi connectivity index (χ2v) is 3.69. The summed E-state index contributed by atoms with van der Waals surface area (Å²) in [6.07, 6.45) is 0. The molecule has 0 aliphatic rings. The van der Waals surface area contributed by atoms with Crippen molar-refractivity contribution in [2.24, 2.45) is 0 Å². The Morgan fingerprint density at radius 2 is 2.33 bits per heavy atom. The molecule has 0 aromatic heterocycles. The number of hydrogen-bond donors (Lipinski definition) is 2. The van der Waals surface area contributed by atoms with Crippen LogP contribution in [0, 0.1) is 11.8 Å². The van der Waals surface area contributed by atoms with Gasteiger partial charge < -0.3 is 10.4 Å². The number of benzene rings is 1. The molecule has 78 valence electrons. The van der Waals surface area contributed by atoms with E-state index in [2.05, 4.69) is 33.1 Å². The van der Waals surface area contributed by atoms with Crippen molar-refractivity contribution in [3.05, 3.63) is 28.2 Å². The van der Waals surface area contributed by atoms with Gasteiger partial charge in [-0.25, -0.2) is 0 Å². The molecule has 2 N–H and O–H groups in total. The smallest absolute Gasteiger partial charge is 0.255 e. The molecule has 0 saturated carbocycles. The molecule has 1 amide bonds. The molecular weight excluding hydrogens is 258 g/mol. The lowest BCUT2D eigenvalue weighted by molar-refractivity contribution is 0.0956. The normalized spacial score (nSPS) is 8.93. The van der Waals surface area contributed by atoms with Gasteiger partial charge in [-0.2, -0.15) is 0 Å². The minimum atomic E-state index is -0.331. The lowest BCUT2D eigenvalue weighted by atomic mass is 10.2. The fourth-order valence-electron chi connectivity index (χ4n) is 1.00. The maximum absolute atomic E-state index is 11.5. The van der Waals surface area contributed by atoms with E-state index >= 15 is 0 Å². The lowest BCUT2D eigenvalue weighted by Crippen LogP contribution is -2.23. The van der Waals surface area contributed by atoms with Gasteiger partial charge in [0.25, 0.3) is 5.91 Å². The van der Waals surface area contributed by atoms with E-state index in [0.29, 0.717) is 0 Å². The Hall–Kier alpha value is -1.47. The second kappa shape index (κ2) is 5.42. The predicted octanol–water partition coefficient (Wildman–Crippen LogP) is 1.91. The summed E-state index contributed by atoms with van der Waals surface area (Å²) in [4.78, 5) is 11.5. The average molecular weight is 268 g/mol. The Kier molecular flexibility index (Phi) is 4.19. The first-order valence-electron chi connectivity index (χ1n) is 4.31. The van der Waals surface area contributed by atoms with Gasteiger partial charge in [0, 0.05) is 4.47 Å². The molecule has 4 heteroatoms. The standard InChI is InChI=1S/C11H10BrNO2/c1-2-3-6-13-11(15)9-5-4-8(12)7-10(9)14/h4-5,7,14H,6H2,1H3,(H,13,15). The van der Waals surface area contributed by atoms with Crippen LogP contribution in [-0.2, 0) is 0 Å². The Balaban J connectivity index is 2.76. The lowest BCUT2D eigenvalue weighted by Gasteiger charge is -2.04. The van der Waals surface area contributed by atoms with Gasteiger partial charge in [0.1, 0.15) is 5.75 Å². The van der Waals surface area contributed by atoms with Crippen LogP contribution in [0.4, 0.5) is 0 Å². The van der Waals surface area contributed by atoms with Crippen molar-refractivity contribution in [1.29, 1.82) is 0 Å². The third-order valence-electron chi connectivity index (χ3n) is 1.72. The summed E-state index contributed by atoms with van der Waals surface area (Å²) in [6, 6.07) is 4.72. The number of phenols is 1. The summed E-state index contributed by atoms with van der Waals surface area (Å²) in [6.45, 7) is 1.98. The highest BCUT2D eigenvalue weighted by molar-refractivity contribution is 9.10. The van der Waals surface area contributed by atoms with Gasteiger partial charge in [-0.15, -0.1) is 5.92 Å². The minimum Gasteiger partial charge on any atom is -0.507 e. The zero-order chi connectivity index (χ0) is 11.3. The summed E-state index contributed by atoms with van der Waals surface area (Å²) < 4.78 is 0.727. The van der Waals surface area contributed by atoms with Crippen molar-refractivity contribution in [3.8, 4) is 17.6 Å². The molecule has 0 radical (unpaired) electrons. The molecule has 0 heterocycles. The van der Waals surface area contributed by atoms with Gasteiger partial charge in [-0.05, 0) is 25.1 Å². The summed E-state index contributed by atoms with van der Waals surface area (Å²) in [5, 5.41) is 12.1. The van der Waals surface area contributed by atoms with Gasteiger partial charge >= 0.3 is 0 Å². The van der Waals surface area contributed by atoms with Crippen LogP contribution in [0.1, 0.15) is 17.3 Å². The summed E-state index contributed by atoms with van der Waals surface area (Å²) in [7, 11) is 0. The molecule has 0 unspecified atom stereocenters.